The van der Waals surface area contributed by atoms with E-state index in [1.807, 2.05) is 41.1 Å². The van der Waals surface area contributed by atoms with Crippen molar-refractivity contribution >= 4 is 35.0 Å². The van der Waals surface area contributed by atoms with Gasteiger partial charge in [0.1, 0.15) is 0 Å². The zero-order valence-electron chi connectivity index (χ0n) is 12.8. The van der Waals surface area contributed by atoms with Crippen LogP contribution in [0.25, 0.3) is 6.08 Å². The number of thiophene rings is 1. The van der Waals surface area contributed by atoms with Crippen molar-refractivity contribution in [3.8, 4) is 0 Å². The van der Waals surface area contributed by atoms with Gasteiger partial charge in [-0.25, -0.2) is 4.79 Å². The second-order valence-electron chi connectivity index (χ2n) is 5.34. The zero-order chi connectivity index (χ0) is 16.2. The van der Waals surface area contributed by atoms with Gasteiger partial charge in [-0.1, -0.05) is 18.2 Å². The van der Waals surface area contributed by atoms with Gasteiger partial charge in [0.25, 0.3) is 5.91 Å². The predicted octanol–water partition coefficient (Wildman–Crippen LogP) is 3.28. The van der Waals surface area contributed by atoms with E-state index in [2.05, 4.69) is 0 Å². The van der Waals surface area contributed by atoms with Crippen LogP contribution in [0.5, 0.6) is 0 Å². The van der Waals surface area contributed by atoms with E-state index in [1.54, 1.807) is 29.2 Å². The maximum absolute atomic E-state index is 12.5. The van der Waals surface area contributed by atoms with Gasteiger partial charge < -0.3 is 9.64 Å². The number of anilines is 1. The van der Waals surface area contributed by atoms with Gasteiger partial charge in [0, 0.05) is 18.3 Å². The summed E-state index contributed by atoms with van der Waals surface area (Å²) in [6.07, 6.45) is 3.06. The highest BCUT2D eigenvalue weighted by Crippen LogP contribution is 2.28. The van der Waals surface area contributed by atoms with Crippen molar-refractivity contribution in [1.29, 1.82) is 0 Å². The summed E-state index contributed by atoms with van der Waals surface area (Å²) in [6, 6.07) is 9.72. The molecule has 1 aliphatic heterocycles. The number of hydrogen-bond donors (Lipinski definition) is 0. The first-order valence-corrected chi connectivity index (χ1v) is 8.39. The fourth-order valence-corrected chi connectivity index (χ4v) is 3.21. The largest absolute Gasteiger partial charge is 0.449 e. The molecule has 0 N–H and O–H groups in total. The zero-order valence-corrected chi connectivity index (χ0v) is 13.6. The molecule has 1 amide bonds. The van der Waals surface area contributed by atoms with Crippen LogP contribution in [0.15, 0.2) is 47.2 Å². The third-order valence-electron chi connectivity index (χ3n) is 3.75. The molecule has 5 heteroatoms. The number of para-hydroxylation sites is 1. The minimum absolute atomic E-state index is 0.188. The van der Waals surface area contributed by atoms with Gasteiger partial charge in [0.15, 0.2) is 6.10 Å². The summed E-state index contributed by atoms with van der Waals surface area (Å²) in [5.41, 5.74) is 3.00. The van der Waals surface area contributed by atoms with Crippen LogP contribution in [0.2, 0.25) is 0 Å². The van der Waals surface area contributed by atoms with E-state index >= 15 is 0 Å². The van der Waals surface area contributed by atoms with Crippen LogP contribution in [0.1, 0.15) is 18.1 Å². The number of carbonyl (C=O) groups excluding carboxylic acids is 2. The molecule has 1 aromatic heterocycles. The molecule has 0 bridgehead atoms. The first-order chi connectivity index (χ1) is 11.1. The topological polar surface area (TPSA) is 46.6 Å². The number of benzene rings is 1. The van der Waals surface area contributed by atoms with Crippen molar-refractivity contribution in [3.63, 3.8) is 0 Å². The van der Waals surface area contributed by atoms with Crippen LogP contribution < -0.4 is 4.90 Å². The quantitative estimate of drug-likeness (QED) is 0.639. The fraction of sp³-hybridized carbons (Fsp3) is 0.222. The van der Waals surface area contributed by atoms with Crippen molar-refractivity contribution in [2.75, 3.05) is 11.4 Å². The molecule has 1 aliphatic rings. The Morgan fingerprint density at radius 1 is 1.30 bits per heavy atom. The van der Waals surface area contributed by atoms with E-state index in [0.29, 0.717) is 6.54 Å². The monoisotopic (exact) mass is 327 g/mol. The Labute approximate surface area is 139 Å². The minimum Gasteiger partial charge on any atom is -0.449 e. The molecular weight excluding hydrogens is 310 g/mol. The molecule has 23 heavy (non-hydrogen) atoms. The van der Waals surface area contributed by atoms with Gasteiger partial charge in [-0.2, -0.15) is 11.3 Å². The summed E-state index contributed by atoms with van der Waals surface area (Å²) < 4.78 is 5.22. The van der Waals surface area contributed by atoms with Crippen LogP contribution in [0.4, 0.5) is 5.69 Å². The third-order valence-corrected chi connectivity index (χ3v) is 4.45. The lowest BCUT2D eigenvalue weighted by atomic mass is 10.2. The van der Waals surface area contributed by atoms with Gasteiger partial charge >= 0.3 is 5.97 Å². The van der Waals surface area contributed by atoms with Crippen LogP contribution in [0, 0.1) is 0 Å². The minimum atomic E-state index is -0.805. The number of rotatable bonds is 4. The van der Waals surface area contributed by atoms with Crippen molar-refractivity contribution in [2.45, 2.75) is 19.4 Å². The van der Waals surface area contributed by atoms with E-state index in [9.17, 15) is 9.59 Å². The van der Waals surface area contributed by atoms with Crippen molar-refractivity contribution in [3.05, 3.63) is 58.3 Å². The molecule has 1 aromatic carbocycles. The molecule has 0 saturated carbocycles. The number of ether oxygens (including phenoxy) is 1. The molecule has 0 fully saturated rings. The Morgan fingerprint density at radius 3 is 2.91 bits per heavy atom. The summed E-state index contributed by atoms with van der Waals surface area (Å²) in [5, 5.41) is 3.86. The molecule has 1 unspecified atom stereocenters. The van der Waals surface area contributed by atoms with Crippen LogP contribution in [0.3, 0.4) is 0 Å². The van der Waals surface area contributed by atoms with Gasteiger partial charge in [-0.15, -0.1) is 0 Å². The molecule has 0 radical (unpaired) electrons. The SMILES string of the molecule is CC(OC(=O)/C=C/c1ccsc1)C(=O)N1CCc2ccccc21. The summed E-state index contributed by atoms with van der Waals surface area (Å²) in [5.74, 6) is -0.697. The number of fused-ring (bicyclic) bond motifs is 1. The number of nitrogens with zero attached hydrogens (tertiary/aromatic N) is 1. The van der Waals surface area contributed by atoms with E-state index in [4.69, 9.17) is 4.74 Å². The maximum Gasteiger partial charge on any atom is 0.331 e. The van der Waals surface area contributed by atoms with E-state index in [0.717, 1.165) is 23.2 Å². The molecule has 118 valence electrons. The molecule has 0 saturated heterocycles. The summed E-state index contributed by atoms with van der Waals surface area (Å²) >= 11 is 1.56. The standard InChI is InChI=1S/C18H17NO3S/c1-13(22-17(20)7-6-14-9-11-23-12-14)18(21)19-10-8-15-4-2-3-5-16(15)19/h2-7,9,11-13H,8,10H2,1H3/b7-6+. The van der Waals surface area contributed by atoms with Gasteiger partial charge in [-0.05, 0) is 53.4 Å². The summed E-state index contributed by atoms with van der Waals surface area (Å²) in [6.45, 7) is 2.24. The van der Waals surface area contributed by atoms with Crippen molar-refractivity contribution < 1.29 is 14.3 Å². The molecule has 2 heterocycles. The second-order valence-corrected chi connectivity index (χ2v) is 6.12. The van der Waals surface area contributed by atoms with Crippen molar-refractivity contribution in [2.24, 2.45) is 0 Å². The molecule has 3 rings (SSSR count). The highest BCUT2D eigenvalue weighted by Gasteiger charge is 2.29. The lowest BCUT2D eigenvalue weighted by Gasteiger charge is -2.21. The molecule has 0 spiro atoms. The number of amides is 1. The first kappa shape index (κ1) is 15.5. The summed E-state index contributed by atoms with van der Waals surface area (Å²) in [7, 11) is 0. The van der Waals surface area contributed by atoms with E-state index in [1.165, 1.54) is 6.08 Å². The number of carbonyl (C=O) groups is 2. The Balaban J connectivity index is 1.61. The van der Waals surface area contributed by atoms with Gasteiger partial charge in [-0.3, -0.25) is 4.79 Å². The van der Waals surface area contributed by atoms with Crippen molar-refractivity contribution in [1.82, 2.24) is 0 Å². The normalized spacial score (nSPS) is 14.7. The summed E-state index contributed by atoms with van der Waals surface area (Å²) in [4.78, 5) is 26.0. The Hall–Kier alpha value is -2.40. The van der Waals surface area contributed by atoms with Gasteiger partial charge in [0.05, 0.1) is 0 Å². The average Bonchev–Trinajstić information content (AvgIpc) is 3.21. The maximum atomic E-state index is 12.5. The lowest BCUT2D eigenvalue weighted by molar-refractivity contribution is -0.149. The highest BCUT2D eigenvalue weighted by atomic mass is 32.1. The molecule has 4 nitrogen and oxygen atoms in total. The highest BCUT2D eigenvalue weighted by molar-refractivity contribution is 7.08. The van der Waals surface area contributed by atoms with E-state index in [-0.39, 0.29) is 5.91 Å². The Bertz CT molecular complexity index is 736. The molecule has 1 atom stereocenters. The van der Waals surface area contributed by atoms with Gasteiger partial charge in [0.2, 0.25) is 0 Å². The van der Waals surface area contributed by atoms with Crippen LogP contribution in [-0.4, -0.2) is 24.5 Å². The first-order valence-electron chi connectivity index (χ1n) is 7.45. The predicted molar refractivity (Wildman–Crippen MR) is 91.4 cm³/mol. The number of esters is 1. The average molecular weight is 327 g/mol. The Kier molecular flexibility index (Phi) is 4.57. The molecule has 2 aromatic rings. The fourth-order valence-electron chi connectivity index (χ4n) is 2.58. The second kappa shape index (κ2) is 6.79. The molecular formula is C18H17NO3S. The number of hydrogen-bond acceptors (Lipinski definition) is 4. The smallest absolute Gasteiger partial charge is 0.331 e. The third kappa shape index (κ3) is 3.51. The Morgan fingerprint density at radius 2 is 2.13 bits per heavy atom. The van der Waals surface area contributed by atoms with Crippen LogP contribution >= 0.6 is 11.3 Å². The van der Waals surface area contributed by atoms with E-state index < -0.39 is 12.1 Å². The molecule has 0 aliphatic carbocycles. The van der Waals surface area contributed by atoms with Crippen LogP contribution in [-0.2, 0) is 20.7 Å². The lowest BCUT2D eigenvalue weighted by Crippen LogP contribution is -2.38.